The summed E-state index contributed by atoms with van der Waals surface area (Å²) in [7, 11) is 1.70. The maximum Gasteiger partial charge on any atom is 0.0700 e. The summed E-state index contributed by atoms with van der Waals surface area (Å²) in [6.07, 6.45) is 3.73. The molecule has 0 rings (SSSR count). The molecule has 0 saturated carbocycles. The second-order valence-corrected chi connectivity index (χ2v) is 4.41. The number of methoxy groups -OCH3 is 1. The standard InChI is InChI=1S/C13H29NO2/c1-5-12(3)11-13(6-2)14-7-8-16-10-9-15-4/h12-14H,5-11H2,1-4H3. The molecule has 3 nitrogen and oxygen atoms in total. The lowest BCUT2D eigenvalue weighted by Crippen LogP contribution is -2.33. The van der Waals surface area contributed by atoms with Crippen molar-refractivity contribution in [2.24, 2.45) is 5.92 Å². The molecule has 0 saturated heterocycles. The molecule has 0 spiro atoms. The van der Waals surface area contributed by atoms with Crippen LogP contribution in [0, 0.1) is 5.92 Å². The van der Waals surface area contributed by atoms with Crippen LogP contribution in [-0.4, -0.2) is 39.5 Å². The molecular formula is C13H29NO2. The lowest BCUT2D eigenvalue weighted by atomic mass is 9.98. The maximum absolute atomic E-state index is 5.41. The van der Waals surface area contributed by atoms with Crippen molar-refractivity contribution in [3.8, 4) is 0 Å². The Kier molecular flexibility index (Phi) is 11.3. The van der Waals surface area contributed by atoms with E-state index in [0.29, 0.717) is 19.3 Å². The molecule has 0 radical (unpaired) electrons. The highest BCUT2D eigenvalue weighted by atomic mass is 16.5. The zero-order valence-electron chi connectivity index (χ0n) is 11.4. The van der Waals surface area contributed by atoms with E-state index in [0.717, 1.165) is 19.1 Å². The summed E-state index contributed by atoms with van der Waals surface area (Å²) in [5.41, 5.74) is 0. The molecule has 16 heavy (non-hydrogen) atoms. The van der Waals surface area contributed by atoms with Gasteiger partial charge in [0.05, 0.1) is 19.8 Å². The Labute approximate surface area is 101 Å². The molecule has 2 unspecified atom stereocenters. The summed E-state index contributed by atoms with van der Waals surface area (Å²) in [6.45, 7) is 9.92. The zero-order valence-corrected chi connectivity index (χ0v) is 11.4. The van der Waals surface area contributed by atoms with E-state index in [4.69, 9.17) is 9.47 Å². The molecule has 2 atom stereocenters. The first-order valence-corrected chi connectivity index (χ1v) is 6.54. The second-order valence-electron chi connectivity index (χ2n) is 4.41. The van der Waals surface area contributed by atoms with Crippen LogP contribution in [-0.2, 0) is 9.47 Å². The molecule has 98 valence electrons. The molecule has 0 aliphatic carbocycles. The number of rotatable bonds is 11. The molecule has 1 N–H and O–H groups in total. The van der Waals surface area contributed by atoms with Crippen LogP contribution in [0.2, 0.25) is 0 Å². The summed E-state index contributed by atoms with van der Waals surface area (Å²) in [5, 5.41) is 3.55. The molecule has 0 amide bonds. The maximum atomic E-state index is 5.41. The van der Waals surface area contributed by atoms with Gasteiger partial charge in [-0.05, 0) is 18.8 Å². The topological polar surface area (TPSA) is 30.5 Å². The quantitative estimate of drug-likeness (QED) is 0.554. The lowest BCUT2D eigenvalue weighted by Gasteiger charge is -2.20. The van der Waals surface area contributed by atoms with E-state index in [1.165, 1.54) is 19.3 Å². The number of ether oxygens (including phenoxy) is 2. The Morgan fingerprint density at radius 2 is 1.81 bits per heavy atom. The molecule has 0 aliphatic heterocycles. The van der Waals surface area contributed by atoms with Gasteiger partial charge in [0.2, 0.25) is 0 Å². The van der Waals surface area contributed by atoms with Gasteiger partial charge in [0.15, 0.2) is 0 Å². The third kappa shape index (κ3) is 9.13. The number of hydrogen-bond donors (Lipinski definition) is 1. The molecule has 0 aliphatic rings. The Balaban J connectivity index is 3.40. The number of nitrogens with one attached hydrogen (secondary N) is 1. The van der Waals surface area contributed by atoms with E-state index in [-0.39, 0.29) is 0 Å². The third-order valence-corrected chi connectivity index (χ3v) is 2.99. The third-order valence-electron chi connectivity index (χ3n) is 2.99. The van der Waals surface area contributed by atoms with Crippen molar-refractivity contribution in [2.45, 2.75) is 46.1 Å². The Hall–Kier alpha value is -0.120. The average Bonchev–Trinajstić information content (AvgIpc) is 2.31. The Morgan fingerprint density at radius 1 is 1.06 bits per heavy atom. The fraction of sp³-hybridized carbons (Fsp3) is 1.00. The predicted octanol–water partition coefficient (Wildman–Crippen LogP) is 2.45. The van der Waals surface area contributed by atoms with Crippen LogP contribution in [0.5, 0.6) is 0 Å². The van der Waals surface area contributed by atoms with Crippen LogP contribution in [0.1, 0.15) is 40.0 Å². The van der Waals surface area contributed by atoms with Crippen molar-refractivity contribution < 1.29 is 9.47 Å². The van der Waals surface area contributed by atoms with E-state index in [2.05, 4.69) is 26.1 Å². The first-order chi connectivity index (χ1) is 7.74. The van der Waals surface area contributed by atoms with Crippen LogP contribution in [0.15, 0.2) is 0 Å². The average molecular weight is 231 g/mol. The molecule has 0 fully saturated rings. The van der Waals surface area contributed by atoms with Gasteiger partial charge in [-0.25, -0.2) is 0 Å². The number of hydrogen-bond acceptors (Lipinski definition) is 3. The fourth-order valence-corrected chi connectivity index (χ4v) is 1.63. The molecule has 0 aromatic rings. The second kappa shape index (κ2) is 11.4. The van der Waals surface area contributed by atoms with Gasteiger partial charge in [0.25, 0.3) is 0 Å². The van der Waals surface area contributed by atoms with Crippen molar-refractivity contribution in [3.63, 3.8) is 0 Å². The minimum atomic E-state index is 0.640. The van der Waals surface area contributed by atoms with Crippen molar-refractivity contribution in [3.05, 3.63) is 0 Å². The molecule has 0 bridgehead atoms. The minimum absolute atomic E-state index is 0.640. The first kappa shape index (κ1) is 15.9. The van der Waals surface area contributed by atoms with Gasteiger partial charge in [0, 0.05) is 19.7 Å². The van der Waals surface area contributed by atoms with Gasteiger partial charge in [-0.1, -0.05) is 27.2 Å². The van der Waals surface area contributed by atoms with Crippen molar-refractivity contribution in [2.75, 3.05) is 33.5 Å². The van der Waals surface area contributed by atoms with Gasteiger partial charge in [-0.15, -0.1) is 0 Å². The van der Waals surface area contributed by atoms with Crippen molar-refractivity contribution in [1.82, 2.24) is 5.32 Å². The highest BCUT2D eigenvalue weighted by Gasteiger charge is 2.08. The minimum Gasteiger partial charge on any atom is -0.382 e. The molecule has 0 aromatic carbocycles. The van der Waals surface area contributed by atoms with Gasteiger partial charge in [0.1, 0.15) is 0 Å². The summed E-state index contributed by atoms with van der Waals surface area (Å²) in [4.78, 5) is 0. The monoisotopic (exact) mass is 231 g/mol. The lowest BCUT2D eigenvalue weighted by molar-refractivity contribution is 0.0707. The smallest absolute Gasteiger partial charge is 0.0700 e. The molecule has 3 heteroatoms. The van der Waals surface area contributed by atoms with Crippen LogP contribution in [0.3, 0.4) is 0 Å². The van der Waals surface area contributed by atoms with E-state index < -0.39 is 0 Å². The summed E-state index contributed by atoms with van der Waals surface area (Å²) < 4.78 is 10.3. The van der Waals surface area contributed by atoms with Gasteiger partial charge in [-0.2, -0.15) is 0 Å². The fourth-order valence-electron chi connectivity index (χ4n) is 1.63. The van der Waals surface area contributed by atoms with E-state index in [1.54, 1.807) is 7.11 Å². The van der Waals surface area contributed by atoms with Crippen molar-refractivity contribution in [1.29, 1.82) is 0 Å². The van der Waals surface area contributed by atoms with Crippen molar-refractivity contribution >= 4 is 0 Å². The normalized spacial score (nSPS) is 15.0. The van der Waals surface area contributed by atoms with E-state index >= 15 is 0 Å². The van der Waals surface area contributed by atoms with Gasteiger partial charge >= 0.3 is 0 Å². The summed E-state index contributed by atoms with van der Waals surface area (Å²) in [5.74, 6) is 0.812. The highest BCUT2D eigenvalue weighted by molar-refractivity contribution is 4.67. The first-order valence-electron chi connectivity index (χ1n) is 6.54. The van der Waals surface area contributed by atoms with Crippen LogP contribution < -0.4 is 5.32 Å². The molecule has 0 heterocycles. The largest absolute Gasteiger partial charge is 0.382 e. The SMILES string of the molecule is CCC(C)CC(CC)NCCOCCOC. The zero-order chi connectivity index (χ0) is 12.2. The summed E-state index contributed by atoms with van der Waals surface area (Å²) >= 11 is 0. The van der Waals surface area contributed by atoms with Crippen LogP contribution in [0.4, 0.5) is 0 Å². The predicted molar refractivity (Wildman–Crippen MR) is 68.8 cm³/mol. The Morgan fingerprint density at radius 3 is 2.38 bits per heavy atom. The summed E-state index contributed by atoms with van der Waals surface area (Å²) in [6, 6.07) is 0.640. The van der Waals surface area contributed by atoms with Gasteiger partial charge < -0.3 is 14.8 Å². The molecule has 0 aromatic heterocycles. The van der Waals surface area contributed by atoms with Gasteiger partial charge in [-0.3, -0.25) is 0 Å². The van der Waals surface area contributed by atoms with E-state index in [1.807, 2.05) is 0 Å². The van der Waals surface area contributed by atoms with Crippen LogP contribution >= 0.6 is 0 Å². The molecular weight excluding hydrogens is 202 g/mol. The van der Waals surface area contributed by atoms with Crippen LogP contribution in [0.25, 0.3) is 0 Å². The van der Waals surface area contributed by atoms with E-state index in [9.17, 15) is 0 Å². The Bertz CT molecular complexity index is 142. The highest BCUT2D eigenvalue weighted by Crippen LogP contribution is 2.11.